The Morgan fingerprint density at radius 2 is 2.07 bits per heavy atom. The number of hydrogen-bond donors (Lipinski definition) is 0. The molecule has 1 heterocycles. The minimum absolute atomic E-state index is 0.507. The molecule has 0 aromatic heterocycles. The average Bonchev–Trinajstić information content (AvgIpc) is 2.92. The van der Waals surface area contributed by atoms with Crippen molar-refractivity contribution in [3.63, 3.8) is 0 Å². The molecular weight excluding hydrogens is 204 g/mol. The van der Waals surface area contributed by atoms with Gasteiger partial charge >= 0.3 is 0 Å². The van der Waals surface area contributed by atoms with Gasteiger partial charge in [0.15, 0.2) is 8.32 Å². The van der Waals surface area contributed by atoms with Crippen LogP contribution in [0.3, 0.4) is 0 Å². The topological polar surface area (TPSA) is 21.8 Å². The first-order valence-electron chi connectivity index (χ1n) is 6.44. The van der Waals surface area contributed by atoms with Gasteiger partial charge in [0, 0.05) is 12.5 Å². The van der Waals surface area contributed by atoms with E-state index in [1.807, 2.05) is 0 Å². The molecule has 0 aromatic rings. The van der Waals surface area contributed by atoms with E-state index < -0.39 is 8.32 Å². The van der Waals surface area contributed by atoms with Gasteiger partial charge < -0.3 is 9.16 Å². The Labute approximate surface area is 94.5 Å². The fourth-order valence-electron chi connectivity index (χ4n) is 2.59. The van der Waals surface area contributed by atoms with Crippen molar-refractivity contribution >= 4 is 8.32 Å². The molecule has 2 nitrogen and oxygen atoms in total. The fourth-order valence-corrected chi connectivity index (χ4v) is 5.03. The highest BCUT2D eigenvalue weighted by Crippen LogP contribution is 2.38. The van der Waals surface area contributed by atoms with Crippen molar-refractivity contribution in [1.29, 1.82) is 0 Å². The maximum Gasteiger partial charge on any atom is 0.187 e. The van der Waals surface area contributed by atoms with E-state index in [2.05, 4.69) is 20.0 Å². The summed E-state index contributed by atoms with van der Waals surface area (Å²) in [6, 6.07) is 1.31. The molecule has 0 N–H and O–H groups in total. The summed E-state index contributed by atoms with van der Waals surface area (Å²) >= 11 is 0. The first-order chi connectivity index (χ1) is 7.11. The summed E-state index contributed by atoms with van der Waals surface area (Å²) in [6.45, 7) is 6.98. The van der Waals surface area contributed by atoms with Gasteiger partial charge in [-0.2, -0.15) is 0 Å². The molecule has 1 aliphatic heterocycles. The Bertz CT molecular complexity index is 218. The molecule has 1 unspecified atom stereocenters. The normalized spacial score (nSPS) is 35.0. The molecule has 3 heteroatoms. The number of fused-ring (bicyclic) bond motifs is 1. The van der Waals surface area contributed by atoms with Crippen LogP contribution in [0.4, 0.5) is 0 Å². The maximum atomic E-state index is 6.34. The molecule has 1 saturated heterocycles. The third-order valence-corrected chi connectivity index (χ3v) is 6.10. The van der Waals surface area contributed by atoms with Crippen LogP contribution < -0.4 is 0 Å². The monoisotopic (exact) mass is 228 g/mol. The van der Waals surface area contributed by atoms with Crippen molar-refractivity contribution < 1.29 is 9.16 Å². The van der Waals surface area contributed by atoms with Crippen molar-refractivity contribution in [1.82, 2.24) is 0 Å². The van der Waals surface area contributed by atoms with Gasteiger partial charge in [0.1, 0.15) is 0 Å². The molecule has 1 saturated carbocycles. The van der Waals surface area contributed by atoms with Gasteiger partial charge in [-0.3, -0.25) is 0 Å². The van der Waals surface area contributed by atoms with Crippen molar-refractivity contribution in [2.45, 2.75) is 76.5 Å². The van der Waals surface area contributed by atoms with Crippen LogP contribution in [-0.4, -0.2) is 26.6 Å². The first-order valence-corrected chi connectivity index (χ1v) is 9.55. The summed E-state index contributed by atoms with van der Waals surface area (Å²) in [4.78, 5) is 0. The predicted octanol–water partition coefficient (Wildman–Crippen LogP) is 3.33. The third kappa shape index (κ3) is 3.30. The van der Waals surface area contributed by atoms with Crippen LogP contribution in [0.15, 0.2) is 0 Å². The van der Waals surface area contributed by atoms with E-state index in [0.717, 1.165) is 6.42 Å². The number of epoxide rings is 1. The van der Waals surface area contributed by atoms with E-state index in [9.17, 15) is 0 Å². The minimum Gasteiger partial charge on any atom is -0.414 e. The third-order valence-electron chi connectivity index (χ3n) is 3.57. The average molecular weight is 228 g/mol. The van der Waals surface area contributed by atoms with Gasteiger partial charge in [0.25, 0.3) is 0 Å². The molecule has 15 heavy (non-hydrogen) atoms. The lowest BCUT2D eigenvalue weighted by Crippen LogP contribution is -2.37. The molecule has 2 aliphatic rings. The molecule has 0 amide bonds. The second-order valence-corrected chi connectivity index (χ2v) is 9.88. The number of unbranched alkanes of at least 4 members (excludes halogenated alkanes) is 1. The van der Waals surface area contributed by atoms with E-state index in [0.29, 0.717) is 18.3 Å². The van der Waals surface area contributed by atoms with Gasteiger partial charge in [0.05, 0.1) is 12.2 Å². The van der Waals surface area contributed by atoms with Gasteiger partial charge in [-0.05, 0) is 32.0 Å². The Morgan fingerprint density at radius 1 is 1.27 bits per heavy atom. The molecule has 0 radical (unpaired) electrons. The van der Waals surface area contributed by atoms with Gasteiger partial charge in [-0.1, -0.05) is 19.8 Å². The smallest absolute Gasteiger partial charge is 0.187 e. The van der Waals surface area contributed by atoms with Crippen LogP contribution in [0.5, 0.6) is 0 Å². The predicted molar refractivity (Wildman–Crippen MR) is 64.6 cm³/mol. The van der Waals surface area contributed by atoms with E-state index in [1.165, 1.54) is 31.7 Å². The molecule has 2 fully saturated rings. The summed E-state index contributed by atoms with van der Waals surface area (Å²) in [5.74, 6) is 0. The van der Waals surface area contributed by atoms with Crippen LogP contribution in [0.2, 0.25) is 19.1 Å². The van der Waals surface area contributed by atoms with Gasteiger partial charge in [0.2, 0.25) is 0 Å². The highest BCUT2D eigenvalue weighted by molar-refractivity contribution is 6.71. The van der Waals surface area contributed by atoms with Crippen LogP contribution in [-0.2, 0) is 9.16 Å². The molecule has 0 bridgehead atoms. The Kier molecular flexibility index (Phi) is 3.53. The first kappa shape index (κ1) is 11.6. The van der Waals surface area contributed by atoms with Crippen LogP contribution >= 0.6 is 0 Å². The zero-order valence-corrected chi connectivity index (χ0v) is 11.3. The fraction of sp³-hybridized carbons (Fsp3) is 1.00. The summed E-state index contributed by atoms with van der Waals surface area (Å²) < 4.78 is 11.9. The van der Waals surface area contributed by atoms with Crippen molar-refractivity contribution in [2.75, 3.05) is 0 Å². The molecule has 1 aliphatic carbocycles. The van der Waals surface area contributed by atoms with E-state index >= 15 is 0 Å². The number of ether oxygens (including phenoxy) is 1. The summed E-state index contributed by atoms with van der Waals surface area (Å²) in [5.41, 5.74) is 0. The Hall–Kier alpha value is 0.137. The van der Waals surface area contributed by atoms with Crippen molar-refractivity contribution in [2.24, 2.45) is 0 Å². The van der Waals surface area contributed by atoms with Crippen LogP contribution in [0.25, 0.3) is 0 Å². The zero-order valence-electron chi connectivity index (χ0n) is 10.3. The number of rotatable bonds is 5. The van der Waals surface area contributed by atoms with Gasteiger partial charge in [-0.25, -0.2) is 0 Å². The maximum absolute atomic E-state index is 6.34. The Balaban J connectivity index is 1.74. The van der Waals surface area contributed by atoms with Crippen molar-refractivity contribution in [3.05, 3.63) is 0 Å². The second kappa shape index (κ2) is 4.56. The second-order valence-electron chi connectivity index (χ2n) is 5.63. The highest BCUT2D eigenvalue weighted by atomic mass is 28.4. The lowest BCUT2D eigenvalue weighted by Gasteiger charge is -2.30. The van der Waals surface area contributed by atoms with Crippen LogP contribution in [0, 0.1) is 0 Å². The molecule has 2 rings (SSSR count). The quantitative estimate of drug-likeness (QED) is 0.532. The highest BCUT2D eigenvalue weighted by Gasteiger charge is 2.45. The van der Waals surface area contributed by atoms with Crippen LogP contribution in [0.1, 0.15) is 39.0 Å². The van der Waals surface area contributed by atoms with Crippen molar-refractivity contribution in [3.8, 4) is 0 Å². The molecular formula is C12H24O2Si. The van der Waals surface area contributed by atoms with E-state index in [1.54, 1.807) is 0 Å². The largest absolute Gasteiger partial charge is 0.414 e. The standard InChI is InChI=1S/C12H24O2Si/c1-4-5-8-15(2,3)14-10-6-7-11-12(9-10)13-11/h10-12H,4-9H2,1-3H3/t10?,11-,12+/m1/s1. The summed E-state index contributed by atoms with van der Waals surface area (Å²) in [7, 11) is -1.38. The molecule has 88 valence electrons. The summed E-state index contributed by atoms with van der Waals surface area (Å²) in [6.07, 6.45) is 7.90. The lowest BCUT2D eigenvalue weighted by atomic mass is 9.98. The minimum atomic E-state index is -1.38. The summed E-state index contributed by atoms with van der Waals surface area (Å²) in [5, 5.41) is 0. The molecule has 0 spiro atoms. The molecule has 0 aromatic carbocycles. The molecule has 3 atom stereocenters. The Morgan fingerprint density at radius 3 is 2.73 bits per heavy atom. The SMILES string of the molecule is CCCC[Si](C)(C)OC1CC[C@H]2O[C@H]2C1. The number of hydrogen-bond acceptors (Lipinski definition) is 2. The lowest BCUT2D eigenvalue weighted by molar-refractivity contribution is 0.154. The zero-order chi connectivity index (χ0) is 10.9. The van der Waals surface area contributed by atoms with E-state index in [-0.39, 0.29) is 0 Å². The van der Waals surface area contributed by atoms with Gasteiger partial charge in [-0.15, -0.1) is 0 Å². The van der Waals surface area contributed by atoms with E-state index in [4.69, 9.17) is 9.16 Å².